The Labute approximate surface area is 108 Å². The van der Waals surface area contributed by atoms with Gasteiger partial charge < -0.3 is 11.1 Å². The highest BCUT2D eigenvalue weighted by molar-refractivity contribution is 6.31. The molecule has 0 radical (unpaired) electrons. The summed E-state index contributed by atoms with van der Waals surface area (Å²) in [6.07, 6.45) is 1.02. The molecule has 94 valence electrons. The van der Waals surface area contributed by atoms with Gasteiger partial charge in [0.2, 0.25) is 0 Å². The number of nitrogens with one attached hydrogen (secondary N) is 1. The molecule has 0 fully saturated rings. The molecule has 17 heavy (non-hydrogen) atoms. The van der Waals surface area contributed by atoms with Crippen molar-refractivity contribution in [2.75, 3.05) is 0 Å². The van der Waals surface area contributed by atoms with Gasteiger partial charge in [-0.3, -0.25) is 0 Å². The minimum Gasteiger partial charge on any atom is -0.370 e. The van der Waals surface area contributed by atoms with Crippen LogP contribution in [0, 0.1) is 6.92 Å². The molecule has 3 N–H and O–H groups in total. The molecule has 0 amide bonds. The van der Waals surface area contributed by atoms with Gasteiger partial charge in [-0.1, -0.05) is 30.7 Å². The number of aliphatic imine (C=N–C) groups is 1. The molecule has 1 unspecified atom stereocenters. The number of halogens is 1. The molecule has 0 saturated carbocycles. The Bertz CT molecular complexity index is 402. The lowest BCUT2D eigenvalue weighted by Crippen LogP contribution is -2.38. The van der Waals surface area contributed by atoms with Gasteiger partial charge in [0.05, 0.1) is 6.54 Å². The third-order valence-corrected chi connectivity index (χ3v) is 3.09. The second kappa shape index (κ2) is 6.50. The zero-order valence-electron chi connectivity index (χ0n) is 10.6. The van der Waals surface area contributed by atoms with Crippen molar-refractivity contribution < 1.29 is 0 Å². The zero-order chi connectivity index (χ0) is 12.8. The Morgan fingerprint density at radius 2 is 2.24 bits per heavy atom. The Morgan fingerprint density at radius 1 is 1.53 bits per heavy atom. The molecule has 1 atom stereocenters. The van der Waals surface area contributed by atoms with Crippen molar-refractivity contribution in [1.82, 2.24) is 5.32 Å². The quantitative estimate of drug-likeness (QED) is 0.640. The van der Waals surface area contributed by atoms with Crippen molar-refractivity contribution in [3.05, 3.63) is 34.3 Å². The van der Waals surface area contributed by atoms with Crippen molar-refractivity contribution in [3.63, 3.8) is 0 Å². The second-order valence-electron chi connectivity index (χ2n) is 4.24. The lowest BCUT2D eigenvalue weighted by atomic mass is 10.1. The van der Waals surface area contributed by atoms with Gasteiger partial charge in [0.1, 0.15) is 0 Å². The van der Waals surface area contributed by atoms with E-state index in [4.69, 9.17) is 17.3 Å². The Kier molecular flexibility index (Phi) is 5.29. The van der Waals surface area contributed by atoms with Crippen molar-refractivity contribution in [2.45, 2.75) is 39.8 Å². The number of nitrogens with two attached hydrogens (primary N) is 1. The predicted octanol–water partition coefficient (Wildman–Crippen LogP) is 2.85. The zero-order valence-corrected chi connectivity index (χ0v) is 11.4. The fraction of sp³-hybridized carbons (Fsp3) is 0.462. The standard InChI is InChI=1S/C13H20ClN3/c1-4-10(3)17-13(15)16-8-11-5-6-12(14)9(2)7-11/h5-7,10H,4,8H2,1-3H3,(H3,15,16,17). The van der Waals surface area contributed by atoms with Crippen LogP contribution in [-0.4, -0.2) is 12.0 Å². The number of aryl methyl sites for hydroxylation is 1. The van der Waals surface area contributed by atoms with Gasteiger partial charge in [0.25, 0.3) is 0 Å². The first kappa shape index (κ1) is 13.8. The molecule has 1 rings (SSSR count). The van der Waals surface area contributed by atoms with E-state index >= 15 is 0 Å². The maximum Gasteiger partial charge on any atom is 0.189 e. The molecule has 0 aliphatic heterocycles. The molecule has 1 aromatic carbocycles. The number of nitrogens with zero attached hydrogens (tertiary/aromatic N) is 1. The normalized spacial score (nSPS) is 13.5. The Hall–Kier alpha value is -1.22. The van der Waals surface area contributed by atoms with Gasteiger partial charge >= 0.3 is 0 Å². The van der Waals surface area contributed by atoms with E-state index in [-0.39, 0.29) is 0 Å². The maximum absolute atomic E-state index is 5.96. The Morgan fingerprint density at radius 3 is 2.82 bits per heavy atom. The molecule has 0 saturated heterocycles. The molecular weight excluding hydrogens is 234 g/mol. The van der Waals surface area contributed by atoms with Crippen LogP contribution >= 0.6 is 11.6 Å². The summed E-state index contributed by atoms with van der Waals surface area (Å²) in [5, 5.41) is 3.91. The minimum atomic E-state index is 0.353. The lowest BCUT2D eigenvalue weighted by molar-refractivity contribution is 0.636. The van der Waals surface area contributed by atoms with Crippen LogP contribution in [0.2, 0.25) is 5.02 Å². The average Bonchev–Trinajstić information content (AvgIpc) is 2.30. The van der Waals surface area contributed by atoms with E-state index in [0.29, 0.717) is 18.5 Å². The smallest absolute Gasteiger partial charge is 0.189 e. The summed E-state index contributed by atoms with van der Waals surface area (Å²) < 4.78 is 0. The third kappa shape index (κ3) is 4.65. The summed E-state index contributed by atoms with van der Waals surface area (Å²) in [7, 11) is 0. The molecule has 0 aromatic heterocycles. The van der Waals surface area contributed by atoms with Crippen LogP contribution in [-0.2, 0) is 6.54 Å². The van der Waals surface area contributed by atoms with E-state index in [0.717, 1.165) is 22.6 Å². The highest BCUT2D eigenvalue weighted by atomic mass is 35.5. The first-order chi connectivity index (χ1) is 8.02. The third-order valence-electron chi connectivity index (χ3n) is 2.66. The number of benzene rings is 1. The summed E-state index contributed by atoms with van der Waals surface area (Å²) >= 11 is 5.96. The molecule has 0 aliphatic carbocycles. The highest BCUT2D eigenvalue weighted by Gasteiger charge is 2.00. The molecule has 1 aromatic rings. The molecule has 4 heteroatoms. The molecule has 0 aliphatic rings. The van der Waals surface area contributed by atoms with Gasteiger partial charge in [0, 0.05) is 11.1 Å². The van der Waals surface area contributed by atoms with Gasteiger partial charge in [-0.15, -0.1) is 0 Å². The maximum atomic E-state index is 5.96. The van der Waals surface area contributed by atoms with E-state index in [1.807, 2.05) is 25.1 Å². The van der Waals surface area contributed by atoms with E-state index in [1.54, 1.807) is 0 Å². The van der Waals surface area contributed by atoms with E-state index in [2.05, 4.69) is 24.2 Å². The first-order valence-corrected chi connectivity index (χ1v) is 6.22. The second-order valence-corrected chi connectivity index (χ2v) is 4.65. The first-order valence-electron chi connectivity index (χ1n) is 5.84. The fourth-order valence-electron chi connectivity index (χ4n) is 1.38. The molecule has 3 nitrogen and oxygen atoms in total. The average molecular weight is 254 g/mol. The van der Waals surface area contributed by atoms with Crippen LogP contribution in [0.1, 0.15) is 31.4 Å². The SMILES string of the molecule is CCC(C)NC(N)=NCc1ccc(Cl)c(C)c1. The summed E-state index contributed by atoms with van der Waals surface area (Å²) in [6, 6.07) is 6.24. The van der Waals surface area contributed by atoms with Crippen LogP contribution in [0.15, 0.2) is 23.2 Å². The summed E-state index contributed by atoms with van der Waals surface area (Å²) in [5.41, 5.74) is 7.95. The van der Waals surface area contributed by atoms with Gasteiger partial charge in [-0.25, -0.2) is 4.99 Å². The van der Waals surface area contributed by atoms with Crippen molar-refractivity contribution >= 4 is 17.6 Å². The fourth-order valence-corrected chi connectivity index (χ4v) is 1.50. The van der Waals surface area contributed by atoms with Crippen molar-refractivity contribution in [2.24, 2.45) is 10.7 Å². The summed E-state index contributed by atoms with van der Waals surface area (Å²) in [6.45, 7) is 6.74. The van der Waals surface area contributed by atoms with Crippen LogP contribution in [0.25, 0.3) is 0 Å². The molecular formula is C13H20ClN3. The van der Waals surface area contributed by atoms with Crippen molar-refractivity contribution in [3.8, 4) is 0 Å². The topological polar surface area (TPSA) is 50.4 Å². The Balaban J connectivity index is 2.59. The van der Waals surface area contributed by atoms with Gasteiger partial charge in [-0.2, -0.15) is 0 Å². The highest BCUT2D eigenvalue weighted by Crippen LogP contribution is 2.16. The van der Waals surface area contributed by atoms with E-state index in [9.17, 15) is 0 Å². The van der Waals surface area contributed by atoms with E-state index < -0.39 is 0 Å². The number of rotatable bonds is 4. The van der Waals surface area contributed by atoms with Gasteiger partial charge in [-0.05, 0) is 37.5 Å². The minimum absolute atomic E-state index is 0.353. The summed E-state index contributed by atoms with van der Waals surface area (Å²) in [4.78, 5) is 4.29. The van der Waals surface area contributed by atoms with Crippen molar-refractivity contribution in [1.29, 1.82) is 0 Å². The monoisotopic (exact) mass is 253 g/mol. The molecule has 0 spiro atoms. The van der Waals surface area contributed by atoms with E-state index in [1.165, 1.54) is 0 Å². The van der Waals surface area contributed by atoms with Crippen LogP contribution in [0.5, 0.6) is 0 Å². The number of hydrogen-bond acceptors (Lipinski definition) is 1. The number of hydrogen-bond donors (Lipinski definition) is 2. The van der Waals surface area contributed by atoms with Crippen LogP contribution < -0.4 is 11.1 Å². The van der Waals surface area contributed by atoms with Crippen LogP contribution in [0.4, 0.5) is 0 Å². The predicted molar refractivity (Wildman–Crippen MR) is 74.4 cm³/mol. The molecule has 0 bridgehead atoms. The van der Waals surface area contributed by atoms with Crippen LogP contribution in [0.3, 0.4) is 0 Å². The van der Waals surface area contributed by atoms with Gasteiger partial charge in [0.15, 0.2) is 5.96 Å². The largest absolute Gasteiger partial charge is 0.370 e. The molecule has 0 heterocycles. The lowest BCUT2D eigenvalue weighted by Gasteiger charge is -2.11. The summed E-state index contributed by atoms with van der Waals surface area (Å²) in [5.74, 6) is 0.493. The number of guanidine groups is 1.